The second-order valence-electron chi connectivity index (χ2n) is 7.92. The Balaban J connectivity index is 1.69. The molecule has 2 unspecified atom stereocenters. The van der Waals surface area contributed by atoms with Gasteiger partial charge < -0.3 is 14.2 Å². The van der Waals surface area contributed by atoms with E-state index >= 15 is 0 Å². The van der Waals surface area contributed by atoms with Crippen LogP contribution >= 0.6 is 0 Å². The van der Waals surface area contributed by atoms with E-state index in [0.717, 1.165) is 17.8 Å². The summed E-state index contributed by atoms with van der Waals surface area (Å²) in [5, 5.41) is 0. The molecule has 0 spiro atoms. The molecule has 1 fully saturated rings. The highest BCUT2D eigenvalue weighted by Crippen LogP contribution is 2.23. The lowest BCUT2D eigenvalue weighted by Gasteiger charge is -2.34. The molecule has 1 aromatic carbocycles. The van der Waals surface area contributed by atoms with Gasteiger partial charge >= 0.3 is 5.97 Å². The number of carbonyl (C=O) groups excluding carboxylic acids is 2. The maximum absolute atomic E-state index is 13.2. The number of esters is 1. The zero-order chi connectivity index (χ0) is 20.4. The molecule has 0 aliphatic carbocycles. The molecule has 1 aromatic heterocycles. The highest BCUT2D eigenvalue weighted by Gasteiger charge is 2.26. The van der Waals surface area contributed by atoms with Gasteiger partial charge in [0.2, 0.25) is 0 Å². The highest BCUT2D eigenvalue weighted by molar-refractivity contribution is 5.93. The van der Waals surface area contributed by atoms with Gasteiger partial charge in [0.15, 0.2) is 6.61 Å². The van der Waals surface area contributed by atoms with Crippen molar-refractivity contribution in [1.29, 1.82) is 0 Å². The Hall–Kier alpha value is -2.63. The molecule has 150 valence electrons. The van der Waals surface area contributed by atoms with Crippen molar-refractivity contribution >= 4 is 11.9 Å². The molecule has 0 radical (unpaired) electrons. The number of rotatable bonds is 4. The number of aryl methyl sites for hydroxylation is 1. The third-order valence-corrected chi connectivity index (χ3v) is 5.28. The van der Waals surface area contributed by atoms with Crippen molar-refractivity contribution in [1.82, 2.24) is 9.47 Å². The second kappa shape index (κ2) is 8.17. The Morgan fingerprint density at radius 2 is 1.71 bits per heavy atom. The van der Waals surface area contributed by atoms with Crippen LogP contribution < -0.4 is 0 Å². The zero-order valence-electron chi connectivity index (χ0n) is 16.9. The van der Waals surface area contributed by atoms with Gasteiger partial charge in [0.1, 0.15) is 5.82 Å². The molecule has 1 amide bonds. The minimum absolute atomic E-state index is 0.154. The van der Waals surface area contributed by atoms with Crippen LogP contribution in [0.15, 0.2) is 30.3 Å². The molecule has 28 heavy (non-hydrogen) atoms. The summed E-state index contributed by atoms with van der Waals surface area (Å²) in [4.78, 5) is 26.8. The van der Waals surface area contributed by atoms with Gasteiger partial charge in [-0.1, -0.05) is 13.8 Å². The summed E-state index contributed by atoms with van der Waals surface area (Å²) < 4.78 is 20.4. The predicted octanol–water partition coefficient (Wildman–Crippen LogP) is 3.89. The van der Waals surface area contributed by atoms with E-state index < -0.39 is 5.97 Å². The topological polar surface area (TPSA) is 51.5 Å². The number of carbonyl (C=O) groups is 2. The largest absolute Gasteiger partial charge is 0.452 e. The zero-order valence-corrected chi connectivity index (χ0v) is 16.9. The molecule has 5 nitrogen and oxygen atoms in total. The van der Waals surface area contributed by atoms with Crippen molar-refractivity contribution in [2.75, 3.05) is 19.7 Å². The molecule has 2 aromatic rings. The van der Waals surface area contributed by atoms with Crippen molar-refractivity contribution in [2.45, 2.75) is 34.1 Å². The number of halogens is 1. The number of amides is 1. The van der Waals surface area contributed by atoms with E-state index in [0.29, 0.717) is 36.2 Å². The molecule has 2 atom stereocenters. The van der Waals surface area contributed by atoms with Crippen molar-refractivity contribution in [3.63, 3.8) is 0 Å². The summed E-state index contributed by atoms with van der Waals surface area (Å²) >= 11 is 0. The number of ether oxygens (including phenoxy) is 1. The summed E-state index contributed by atoms with van der Waals surface area (Å²) in [5.74, 6) is -0.0752. The average Bonchev–Trinajstić information content (AvgIpc) is 2.94. The maximum atomic E-state index is 13.2. The maximum Gasteiger partial charge on any atom is 0.340 e. The van der Waals surface area contributed by atoms with E-state index in [9.17, 15) is 14.0 Å². The predicted molar refractivity (Wildman–Crippen MR) is 105 cm³/mol. The van der Waals surface area contributed by atoms with Crippen molar-refractivity contribution < 1.29 is 18.7 Å². The SMILES string of the molecule is Cc1cc(C(=O)OCC(=O)N2CC(C)CC(C)C2)c(C)n1-c1ccc(F)cc1. The van der Waals surface area contributed by atoms with Gasteiger partial charge in [0.05, 0.1) is 5.56 Å². The molecule has 1 aliphatic rings. The normalized spacial score (nSPS) is 19.5. The molecule has 1 aliphatic heterocycles. The average molecular weight is 386 g/mol. The molecule has 0 saturated carbocycles. The van der Waals surface area contributed by atoms with Gasteiger partial charge in [-0.3, -0.25) is 4.79 Å². The van der Waals surface area contributed by atoms with Gasteiger partial charge in [-0.25, -0.2) is 9.18 Å². The quantitative estimate of drug-likeness (QED) is 0.749. The Labute approximate surface area is 165 Å². The minimum atomic E-state index is -0.520. The van der Waals surface area contributed by atoms with Crippen LogP contribution in [0.3, 0.4) is 0 Å². The first-order chi connectivity index (χ1) is 13.3. The van der Waals surface area contributed by atoms with Crippen molar-refractivity contribution in [2.24, 2.45) is 11.8 Å². The first kappa shape index (κ1) is 20.1. The van der Waals surface area contributed by atoms with Gasteiger partial charge in [0, 0.05) is 30.2 Å². The van der Waals surface area contributed by atoms with Crippen LogP contribution in [-0.4, -0.2) is 41.0 Å². The van der Waals surface area contributed by atoms with Crippen LogP contribution in [0.1, 0.15) is 42.0 Å². The lowest BCUT2D eigenvalue weighted by molar-refractivity contribution is -0.137. The summed E-state index contributed by atoms with van der Waals surface area (Å²) in [5.41, 5.74) is 2.71. The fourth-order valence-corrected chi connectivity index (χ4v) is 4.12. The first-order valence-electron chi connectivity index (χ1n) is 9.66. The lowest BCUT2D eigenvalue weighted by Crippen LogP contribution is -2.44. The molecular weight excluding hydrogens is 359 g/mol. The highest BCUT2D eigenvalue weighted by atomic mass is 19.1. The smallest absolute Gasteiger partial charge is 0.340 e. The van der Waals surface area contributed by atoms with Gasteiger partial charge in [0.25, 0.3) is 5.91 Å². The number of hydrogen-bond donors (Lipinski definition) is 0. The van der Waals surface area contributed by atoms with E-state index in [1.54, 1.807) is 23.1 Å². The van der Waals surface area contributed by atoms with Crippen LogP contribution in [0.4, 0.5) is 4.39 Å². The molecule has 6 heteroatoms. The molecule has 0 bridgehead atoms. The standard InChI is InChI=1S/C22H27FN2O3/c1-14-9-15(2)12-24(11-14)21(26)13-28-22(27)20-10-16(3)25(17(20)4)19-7-5-18(23)6-8-19/h5-8,10,14-15H,9,11-13H2,1-4H3. The summed E-state index contributed by atoms with van der Waals surface area (Å²) in [6, 6.07) is 7.81. The lowest BCUT2D eigenvalue weighted by atomic mass is 9.92. The number of nitrogens with zero attached hydrogens (tertiary/aromatic N) is 2. The Morgan fingerprint density at radius 1 is 1.11 bits per heavy atom. The summed E-state index contributed by atoms with van der Waals surface area (Å²) in [6.45, 7) is 9.11. The number of piperidine rings is 1. The fourth-order valence-electron chi connectivity index (χ4n) is 4.12. The molecule has 3 rings (SSSR count). The molecular formula is C22H27FN2O3. The van der Waals surface area contributed by atoms with E-state index in [4.69, 9.17) is 4.74 Å². The van der Waals surface area contributed by atoms with E-state index in [1.807, 2.05) is 18.4 Å². The van der Waals surface area contributed by atoms with Crippen LogP contribution in [0.5, 0.6) is 0 Å². The van der Waals surface area contributed by atoms with E-state index in [1.165, 1.54) is 12.1 Å². The Morgan fingerprint density at radius 3 is 2.32 bits per heavy atom. The second-order valence-corrected chi connectivity index (χ2v) is 7.92. The molecule has 2 heterocycles. The van der Waals surface area contributed by atoms with Crippen LogP contribution in [0.2, 0.25) is 0 Å². The van der Waals surface area contributed by atoms with E-state index in [2.05, 4.69) is 13.8 Å². The number of hydrogen-bond acceptors (Lipinski definition) is 3. The van der Waals surface area contributed by atoms with Crippen molar-refractivity contribution in [3.05, 3.63) is 53.1 Å². The third-order valence-electron chi connectivity index (χ3n) is 5.28. The minimum Gasteiger partial charge on any atom is -0.452 e. The monoisotopic (exact) mass is 386 g/mol. The van der Waals surface area contributed by atoms with Gasteiger partial charge in [-0.05, 0) is 62.4 Å². The number of benzene rings is 1. The van der Waals surface area contributed by atoms with Gasteiger partial charge in [-0.2, -0.15) is 0 Å². The molecule has 0 N–H and O–H groups in total. The summed E-state index contributed by atoms with van der Waals surface area (Å²) in [6.07, 6.45) is 1.11. The van der Waals surface area contributed by atoms with Crippen LogP contribution in [0.25, 0.3) is 5.69 Å². The number of aromatic nitrogens is 1. The first-order valence-corrected chi connectivity index (χ1v) is 9.66. The third kappa shape index (κ3) is 4.26. The molecule has 1 saturated heterocycles. The van der Waals surface area contributed by atoms with Crippen LogP contribution in [-0.2, 0) is 9.53 Å². The van der Waals surface area contributed by atoms with E-state index in [-0.39, 0.29) is 18.3 Å². The Bertz CT molecular complexity index is 863. The Kier molecular flexibility index (Phi) is 5.87. The summed E-state index contributed by atoms with van der Waals surface area (Å²) in [7, 11) is 0. The fraction of sp³-hybridized carbons (Fsp3) is 0.455. The van der Waals surface area contributed by atoms with Gasteiger partial charge in [-0.15, -0.1) is 0 Å². The number of likely N-dealkylation sites (tertiary alicyclic amines) is 1. The van der Waals surface area contributed by atoms with Crippen molar-refractivity contribution in [3.8, 4) is 5.69 Å². The van der Waals surface area contributed by atoms with Crippen LogP contribution in [0, 0.1) is 31.5 Å².